The molecule has 0 aromatic carbocycles. The lowest BCUT2D eigenvalue weighted by Crippen LogP contribution is -2.28. The van der Waals surface area contributed by atoms with Crippen molar-refractivity contribution in [2.24, 2.45) is 0 Å². The fourth-order valence-electron chi connectivity index (χ4n) is 1.39. The van der Waals surface area contributed by atoms with E-state index < -0.39 is 0 Å². The summed E-state index contributed by atoms with van der Waals surface area (Å²) in [6.07, 6.45) is 1.07. The molecule has 1 unspecified atom stereocenters. The molecule has 4 nitrogen and oxygen atoms in total. The molecule has 0 fully saturated rings. The number of nitrogens with zero attached hydrogens (tertiary/aromatic N) is 2. The first-order chi connectivity index (χ1) is 7.80. The van der Waals surface area contributed by atoms with E-state index >= 15 is 0 Å². The van der Waals surface area contributed by atoms with Crippen LogP contribution in [0.5, 0.6) is 0 Å². The second kappa shape index (κ2) is 5.34. The van der Waals surface area contributed by atoms with E-state index in [1.54, 1.807) is 0 Å². The second-order valence-corrected chi connectivity index (χ2v) is 5.55. The van der Waals surface area contributed by atoms with Gasteiger partial charge in [-0.2, -0.15) is 4.98 Å². The smallest absolute Gasteiger partial charge is 0.225 e. The highest BCUT2D eigenvalue weighted by molar-refractivity contribution is 5.43. The summed E-state index contributed by atoms with van der Waals surface area (Å²) in [5.74, 6) is 1.57. The summed E-state index contributed by atoms with van der Waals surface area (Å²) in [7, 11) is 0. The van der Waals surface area contributed by atoms with Gasteiger partial charge in [0.15, 0.2) is 0 Å². The maximum Gasteiger partial charge on any atom is 0.225 e. The molecule has 0 aliphatic carbocycles. The van der Waals surface area contributed by atoms with Crippen molar-refractivity contribution < 1.29 is 0 Å². The first-order valence-corrected chi connectivity index (χ1v) is 6.20. The molecular weight excluding hydrogens is 212 g/mol. The van der Waals surface area contributed by atoms with Gasteiger partial charge in [0.1, 0.15) is 5.82 Å². The molecule has 1 heterocycles. The van der Waals surface area contributed by atoms with Crippen LogP contribution in [-0.2, 0) is 0 Å². The molecule has 96 valence electrons. The van der Waals surface area contributed by atoms with Crippen molar-refractivity contribution in [2.45, 2.75) is 59.5 Å². The maximum atomic E-state index is 4.47. The Morgan fingerprint density at radius 2 is 1.94 bits per heavy atom. The van der Waals surface area contributed by atoms with Crippen molar-refractivity contribution in [3.63, 3.8) is 0 Å². The molecule has 1 aromatic heterocycles. The fourth-order valence-corrected chi connectivity index (χ4v) is 1.39. The van der Waals surface area contributed by atoms with Gasteiger partial charge in [-0.3, -0.25) is 0 Å². The number of aryl methyl sites for hydroxylation is 1. The predicted molar refractivity (Wildman–Crippen MR) is 73.5 cm³/mol. The summed E-state index contributed by atoms with van der Waals surface area (Å²) in [5, 5.41) is 6.66. The normalized spacial score (nSPS) is 13.3. The minimum atomic E-state index is -0.0264. The first-order valence-electron chi connectivity index (χ1n) is 6.20. The number of anilines is 2. The van der Waals surface area contributed by atoms with E-state index in [1.807, 2.05) is 13.0 Å². The van der Waals surface area contributed by atoms with Crippen LogP contribution in [0.4, 0.5) is 11.8 Å². The van der Waals surface area contributed by atoms with Crippen LogP contribution in [0.1, 0.15) is 46.7 Å². The highest BCUT2D eigenvalue weighted by Gasteiger charge is 2.12. The molecule has 0 saturated carbocycles. The largest absolute Gasteiger partial charge is 0.367 e. The standard InChI is InChI=1S/C13H24N4/c1-7-9(2)14-11-8-10(3)15-12(16-11)17-13(4,5)6/h8-9H,7H2,1-6H3,(H2,14,15,16,17). The monoisotopic (exact) mass is 236 g/mol. The minimum absolute atomic E-state index is 0.0264. The van der Waals surface area contributed by atoms with Crippen LogP contribution in [0.2, 0.25) is 0 Å². The first kappa shape index (κ1) is 13.7. The molecule has 0 aliphatic heterocycles. The number of hydrogen-bond acceptors (Lipinski definition) is 4. The number of hydrogen-bond donors (Lipinski definition) is 2. The summed E-state index contributed by atoms with van der Waals surface area (Å²) >= 11 is 0. The van der Waals surface area contributed by atoms with Crippen LogP contribution >= 0.6 is 0 Å². The van der Waals surface area contributed by atoms with Crippen molar-refractivity contribution >= 4 is 11.8 Å². The lowest BCUT2D eigenvalue weighted by atomic mass is 10.1. The zero-order chi connectivity index (χ0) is 13.1. The van der Waals surface area contributed by atoms with Gasteiger partial charge in [-0.1, -0.05) is 6.92 Å². The zero-order valence-corrected chi connectivity index (χ0v) is 11.8. The van der Waals surface area contributed by atoms with Gasteiger partial charge in [0.25, 0.3) is 0 Å². The fraction of sp³-hybridized carbons (Fsp3) is 0.692. The molecule has 0 aliphatic rings. The molecule has 0 spiro atoms. The van der Waals surface area contributed by atoms with Crippen molar-refractivity contribution in [1.82, 2.24) is 9.97 Å². The Kier molecular flexibility index (Phi) is 4.32. The average Bonchev–Trinajstić information content (AvgIpc) is 2.13. The third-order valence-corrected chi connectivity index (χ3v) is 2.35. The van der Waals surface area contributed by atoms with Crippen molar-refractivity contribution in [2.75, 3.05) is 10.6 Å². The highest BCUT2D eigenvalue weighted by atomic mass is 15.2. The molecule has 0 bridgehead atoms. The lowest BCUT2D eigenvalue weighted by Gasteiger charge is -2.21. The molecular formula is C13H24N4. The number of aromatic nitrogens is 2. The van der Waals surface area contributed by atoms with Crippen LogP contribution in [0.3, 0.4) is 0 Å². The highest BCUT2D eigenvalue weighted by Crippen LogP contribution is 2.15. The number of rotatable bonds is 4. The SMILES string of the molecule is CCC(C)Nc1cc(C)nc(NC(C)(C)C)n1. The van der Waals surface area contributed by atoms with E-state index in [4.69, 9.17) is 0 Å². The van der Waals surface area contributed by atoms with E-state index in [9.17, 15) is 0 Å². The maximum absolute atomic E-state index is 4.47. The molecule has 2 N–H and O–H groups in total. The lowest BCUT2D eigenvalue weighted by molar-refractivity contribution is 0.625. The molecule has 4 heteroatoms. The third-order valence-electron chi connectivity index (χ3n) is 2.35. The van der Waals surface area contributed by atoms with Crippen LogP contribution in [0.25, 0.3) is 0 Å². The summed E-state index contributed by atoms with van der Waals surface area (Å²) in [5.41, 5.74) is 0.944. The Morgan fingerprint density at radius 3 is 2.47 bits per heavy atom. The van der Waals surface area contributed by atoms with E-state index in [2.05, 4.69) is 55.2 Å². The van der Waals surface area contributed by atoms with Gasteiger partial charge in [0.05, 0.1) is 0 Å². The van der Waals surface area contributed by atoms with Crippen molar-refractivity contribution in [3.05, 3.63) is 11.8 Å². The van der Waals surface area contributed by atoms with E-state index in [1.165, 1.54) is 0 Å². The van der Waals surface area contributed by atoms with Gasteiger partial charge in [-0.05, 0) is 41.0 Å². The average molecular weight is 236 g/mol. The van der Waals surface area contributed by atoms with Crippen LogP contribution in [0, 0.1) is 6.92 Å². The Bertz CT molecular complexity index is 368. The van der Waals surface area contributed by atoms with Crippen LogP contribution < -0.4 is 10.6 Å². The molecule has 1 rings (SSSR count). The Morgan fingerprint density at radius 1 is 1.29 bits per heavy atom. The third kappa shape index (κ3) is 5.02. The van der Waals surface area contributed by atoms with Gasteiger partial charge >= 0.3 is 0 Å². The zero-order valence-electron chi connectivity index (χ0n) is 11.8. The number of nitrogens with one attached hydrogen (secondary N) is 2. The molecule has 1 atom stereocenters. The molecule has 17 heavy (non-hydrogen) atoms. The van der Waals surface area contributed by atoms with Gasteiger partial charge < -0.3 is 10.6 Å². The van der Waals surface area contributed by atoms with E-state index in [0.29, 0.717) is 12.0 Å². The Hall–Kier alpha value is -1.32. The summed E-state index contributed by atoms with van der Waals surface area (Å²) in [6.45, 7) is 12.6. The second-order valence-electron chi connectivity index (χ2n) is 5.55. The Labute approximate surface area is 104 Å². The molecule has 1 aromatic rings. The summed E-state index contributed by atoms with van der Waals surface area (Å²) in [6, 6.07) is 2.40. The van der Waals surface area contributed by atoms with Gasteiger partial charge in [-0.15, -0.1) is 0 Å². The van der Waals surface area contributed by atoms with Crippen molar-refractivity contribution in [3.8, 4) is 0 Å². The van der Waals surface area contributed by atoms with Crippen molar-refractivity contribution in [1.29, 1.82) is 0 Å². The van der Waals surface area contributed by atoms with E-state index in [-0.39, 0.29) is 5.54 Å². The minimum Gasteiger partial charge on any atom is -0.367 e. The van der Waals surface area contributed by atoms with Gasteiger partial charge in [0, 0.05) is 23.3 Å². The molecule has 0 radical (unpaired) electrons. The summed E-state index contributed by atoms with van der Waals surface area (Å²) in [4.78, 5) is 8.86. The van der Waals surface area contributed by atoms with E-state index in [0.717, 1.165) is 17.9 Å². The molecule has 0 saturated heterocycles. The van der Waals surface area contributed by atoms with Crippen LogP contribution in [0.15, 0.2) is 6.07 Å². The topological polar surface area (TPSA) is 49.8 Å². The Balaban J connectivity index is 2.86. The molecule has 0 amide bonds. The quantitative estimate of drug-likeness (QED) is 0.843. The van der Waals surface area contributed by atoms with Gasteiger partial charge in [-0.25, -0.2) is 4.98 Å². The summed E-state index contributed by atoms with van der Waals surface area (Å²) < 4.78 is 0. The predicted octanol–water partition coefficient (Wildman–Crippen LogP) is 3.21. The van der Waals surface area contributed by atoms with Crippen LogP contribution in [-0.4, -0.2) is 21.5 Å². The van der Waals surface area contributed by atoms with Gasteiger partial charge in [0.2, 0.25) is 5.95 Å².